The molecule has 0 saturated heterocycles. The minimum Gasteiger partial charge on any atom is -0.268 e. The van der Waals surface area contributed by atoms with E-state index in [1.165, 1.54) is 24.3 Å². The maximum absolute atomic E-state index is 13.6. The van der Waals surface area contributed by atoms with Crippen molar-refractivity contribution >= 4 is 29.5 Å². The number of hydrogen-bond acceptors (Lipinski definition) is 2. The molecule has 2 rings (SSSR count). The Hall–Kier alpha value is -2.66. The molecular formula is C18H16ClFN2O2. The maximum Gasteiger partial charge on any atom is 0.269 e. The van der Waals surface area contributed by atoms with Crippen LogP contribution in [0.25, 0.3) is 6.08 Å². The molecule has 2 N–H and O–H groups in total. The first-order chi connectivity index (χ1) is 11.5. The van der Waals surface area contributed by atoms with Crippen LogP contribution in [0.2, 0.25) is 5.02 Å². The van der Waals surface area contributed by atoms with Gasteiger partial charge in [0.25, 0.3) is 11.8 Å². The number of carbonyl (C=O) groups is 2. The van der Waals surface area contributed by atoms with Gasteiger partial charge in [0, 0.05) is 17.2 Å². The molecule has 2 aromatic carbocycles. The molecule has 0 fully saturated rings. The summed E-state index contributed by atoms with van der Waals surface area (Å²) in [7, 11) is 0. The number of benzene rings is 2. The first kappa shape index (κ1) is 17.7. The van der Waals surface area contributed by atoms with Crippen molar-refractivity contribution in [3.63, 3.8) is 0 Å². The van der Waals surface area contributed by atoms with E-state index in [0.717, 1.165) is 18.1 Å². The Labute approximate surface area is 144 Å². The highest BCUT2D eigenvalue weighted by molar-refractivity contribution is 6.32. The highest BCUT2D eigenvalue weighted by Crippen LogP contribution is 2.20. The fourth-order valence-electron chi connectivity index (χ4n) is 1.95. The number of amides is 2. The molecule has 124 valence electrons. The van der Waals surface area contributed by atoms with Crippen LogP contribution in [0.4, 0.5) is 4.39 Å². The summed E-state index contributed by atoms with van der Waals surface area (Å²) in [5.74, 6) is -1.58. The Balaban J connectivity index is 1.92. The lowest BCUT2D eigenvalue weighted by atomic mass is 10.1. The fraction of sp³-hybridized carbons (Fsp3) is 0.111. The van der Waals surface area contributed by atoms with Gasteiger partial charge in [0.05, 0.1) is 5.02 Å². The van der Waals surface area contributed by atoms with Gasteiger partial charge < -0.3 is 0 Å². The second kappa shape index (κ2) is 8.26. The van der Waals surface area contributed by atoms with Gasteiger partial charge in [0.1, 0.15) is 5.82 Å². The molecule has 0 spiro atoms. The Morgan fingerprint density at radius 1 is 1.12 bits per heavy atom. The van der Waals surface area contributed by atoms with Crippen molar-refractivity contribution in [2.45, 2.75) is 13.3 Å². The van der Waals surface area contributed by atoms with Crippen LogP contribution in [0.15, 0.2) is 48.5 Å². The van der Waals surface area contributed by atoms with Crippen LogP contribution in [0.5, 0.6) is 0 Å². The van der Waals surface area contributed by atoms with E-state index >= 15 is 0 Å². The molecule has 4 nitrogen and oxygen atoms in total. The van der Waals surface area contributed by atoms with Gasteiger partial charge >= 0.3 is 0 Å². The van der Waals surface area contributed by atoms with Crippen molar-refractivity contribution in [1.82, 2.24) is 10.9 Å². The van der Waals surface area contributed by atoms with E-state index in [1.54, 1.807) is 12.1 Å². The van der Waals surface area contributed by atoms with Gasteiger partial charge in [0.2, 0.25) is 0 Å². The number of hydrazine groups is 1. The van der Waals surface area contributed by atoms with Gasteiger partial charge in [0.15, 0.2) is 0 Å². The molecule has 0 radical (unpaired) electrons. The fourth-order valence-corrected chi connectivity index (χ4v) is 2.18. The van der Waals surface area contributed by atoms with Crippen molar-refractivity contribution in [2.24, 2.45) is 0 Å². The molecule has 6 heteroatoms. The van der Waals surface area contributed by atoms with E-state index in [-0.39, 0.29) is 10.6 Å². The molecule has 0 aromatic heterocycles. The third-order valence-corrected chi connectivity index (χ3v) is 3.65. The lowest BCUT2D eigenvalue weighted by Gasteiger charge is -2.06. The Morgan fingerprint density at radius 2 is 1.83 bits per heavy atom. The molecule has 24 heavy (non-hydrogen) atoms. The van der Waals surface area contributed by atoms with E-state index in [1.807, 2.05) is 19.1 Å². The quantitative estimate of drug-likeness (QED) is 0.657. The van der Waals surface area contributed by atoms with Gasteiger partial charge in [-0.2, -0.15) is 0 Å². The second-order valence-corrected chi connectivity index (χ2v) is 5.37. The molecule has 0 aliphatic heterocycles. The zero-order valence-corrected chi connectivity index (χ0v) is 13.7. The van der Waals surface area contributed by atoms with E-state index < -0.39 is 17.6 Å². The summed E-state index contributed by atoms with van der Waals surface area (Å²) in [5, 5.41) is 0.194. The lowest BCUT2D eigenvalue weighted by Crippen LogP contribution is -2.40. The third-order valence-electron chi connectivity index (χ3n) is 3.32. The lowest BCUT2D eigenvalue weighted by molar-refractivity contribution is -0.117. The molecule has 0 unspecified atom stereocenters. The summed E-state index contributed by atoms with van der Waals surface area (Å²) in [6.07, 6.45) is 3.21. The van der Waals surface area contributed by atoms with Gasteiger partial charge in [-0.15, -0.1) is 0 Å². The largest absolute Gasteiger partial charge is 0.269 e. The smallest absolute Gasteiger partial charge is 0.268 e. The predicted molar refractivity (Wildman–Crippen MR) is 91.9 cm³/mol. The number of halogens is 2. The summed E-state index contributed by atoms with van der Waals surface area (Å²) in [6.45, 7) is 2.02. The summed E-state index contributed by atoms with van der Waals surface area (Å²) >= 11 is 5.85. The first-order valence-corrected chi connectivity index (χ1v) is 7.70. The minimum absolute atomic E-state index is 0.107. The molecule has 0 bridgehead atoms. The molecule has 0 aliphatic carbocycles. The van der Waals surface area contributed by atoms with Crippen LogP contribution in [-0.2, 0) is 11.2 Å². The highest BCUT2D eigenvalue weighted by Gasteiger charge is 2.07. The Morgan fingerprint density at radius 3 is 2.46 bits per heavy atom. The molecule has 0 atom stereocenters. The Bertz CT molecular complexity index is 753. The number of aryl methyl sites for hydroxylation is 1. The van der Waals surface area contributed by atoms with Crippen molar-refractivity contribution in [3.8, 4) is 0 Å². The predicted octanol–water partition coefficient (Wildman–Crippen LogP) is 3.52. The van der Waals surface area contributed by atoms with Crippen LogP contribution in [0.1, 0.15) is 28.4 Å². The Kier molecular flexibility index (Phi) is 6.09. The van der Waals surface area contributed by atoms with E-state index in [4.69, 9.17) is 11.6 Å². The zero-order valence-electron chi connectivity index (χ0n) is 13.0. The third kappa shape index (κ3) is 4.67. The zero-order chi connectivity index (χ0) is 17.5. The van der Waals surface area contributed by atoms with Crippen LogP contribution >= 0.6 is 11.6 Å². The van der Waals surface area contributed by atoms with Gasteiger partial charge in [-0.1, -0.05) is 36.7 Å². The van der Waals surface area contributed by atoms with Gasteiger partial charge in [-0.05, 0) is 42.3 Å². The normalized spacial score (nSPS) is 10.6. The van der Waals surface area contributed by atoms with Crippen LogP contribution in [0, 0.1) is 5.82 Å². The molecule has 0 heterocycles. The van der Waals surface area contributed by atoms with Gasteiger partial charge in [-0.3, -0.25) is 20.4 Å². The van der Waals surface area contributed by atoms with E-state index in [2.05, 4.69) is 10.9 Å². The highest BCUT2D eigenvalue weighted by atomic mass is 35.5. The monoisotopic (exact) mass is 346 g/mol. The van der Waals surface area contributed by atoms with Crippen molar-refractivity contribution in [3.05, 3.63) is 76.1 Å². The van der Waals surface area contributed by atoms with Crippen LogP contribution < -0.4 is 10.9 Å². The van der Waals surface area contributed by atoms with E-state index in [9.17, 15) is 14.0 Å². The topological polar surface area (TPSA) is 58.2 Å². The number of carbonyl (C=O) groups excluding carboxylic acids is 2. The first-order valence-electron chi connectivity index (χ1n) is 7.32. The molecular weight excluding hydrogens is 331 g/mol. The van der Waals surface area contributed by atoms with E-state index in [0.29, 0.717) is 5.56 Å². The standard InChI is InChI=1S/C18H16ClFN2O2/c1-2-12-6-8-13(9-7-12)18(24)22-21-17(23)11-10-14-15(19)4-3-5-16(14)20/h3-11H,2H2,1H3,(H,21,23)(H,22,24)/b11-10+. The average Bonchev–Trinajstić information content (AvgIpc) is 2.59. The number of hydrogen-bond donors (Lipinski definition) is 2. The van der Waals surface area contributed by atoms with Crippen LogP contribution in [-0.4, -0.2) is 11.8 Å². The summed E-state index contributed by atoms with van der Waals surface area (Å²) in [5.41, 5.74) is 6.16. The average molecular weight is 347 g/mol. The van der Waals surface area contributed by atoms with Crippen molar-refractivity contribution in [2.75, 3.05) is 0 Å². The molecule has 0 saturated carbocycles. The maximum atomic E-state index is 13.6. The molecule has 2 aromatic rings. The second-order valence-electron chi connectivity index (χ2n) is 4.96. The summed E-state index contributed by atoms with van der Waals surface area (Å²) in [4.78, 5) is 23.6. The van der Waals surface area contributed by atoms with Crippen molar-refractivity contribution < 1.29 is 14.0 Å². The van der Waals surface area contributed by atoms with Crippen LogP contribution in [0.3, 0.4) is 0 Å². The number of nitrogens with one attached hydrogen (secondary N) is 2. The van der Waals surface area contributed by atoms with Crippen molar-refractivity contribution in [1.29, 1.82) is 0 Å². The summed E-state index contributed by atoms with van der Waals surface area (Å²) in [6, 6.07) is 11.3. The molecule has 0 aliphatic rings. The minimum atomic E-state index is -0.604. The number of rotatable bonds is 4. The summed E-state index contributed by atoms with van der Waals surface area (Å²) < 4.78 is 13.6. The van der Waals surface area contributed by atoms with Gasteiger partial charge in [-0.25, -0.2) is 4.39 Å². The SMILES string of the molecule is CCc1ccc(C(=O)NNC(=O)/C=C/c2c(F)cccc2Cl)cc1. The molecule has 2 amide bonds.